The molecule has 0 spiro atoms. The van der Waals surface area contributed by atoms with Crippen LogP contribution < -0.4 is 0 Å². The van der Waals surface area contributed by atoms with Crippen molar-refractivity contribution in [3.63, 3.8) is 0 Å². The predicted molar refractivity (Wildman–Crippen MR) is 119 cm³/mol. The Balaban J connectivity index is 0.000000286. The van der Waals surface area contributed by atoms with Crippen LogP contribution in [-0.4, -0.2) is 74.7 Å². The Morgan fingerprint density at radius 3 is 2.03 bits per heavy atom. The molecular weight excluding hydrogens is 532 g/mol. The van der Waals surface area contributed by atoms with Gasteiger partial charge in [-0.25, -0.2) is 14.6 Å². The Kier molecular flexibility index (Phi) is 11.3. The van der Waals surface area contributed by atoms with Crippen molar-refractivity contribution in [3.05, 3.63) is 46.7 Å². The number of pyridine rings is 1. The first-order valence-electron chi connectivity index (χ1n) is 11.0. The normalized spacial score (nSPS) is 19.8. The molecule has 2 atom stereocenters. The zero-order valence-electron chi connectivity index (χ0n) is 19.3. The van der Waals surface area contributed by atoms with Crippen molar-refractivity contribution in [1.82, 2.24) is 14.9 Å². The van der Waals surface area contributed by atoms with Crippen LogP contribution in [0.25, 0.3) is 0 Å². The van der Waals surface area contributed by atoms with Crippen LogP contribution in [0.4, 0.5) is 26.3 Å². The van der Waals surface area contributed by atoms with Gasteiger partial charge >= 0.3 is 24.3 Å². The summed E-state index contributed by atoms with van der Waals surface area (Å²) in [4.78, 5) is 28.9. The van der Waals surface area contributed by atoms with E-state index in [-0.39, 0.29) is 0 Å². The van der Waals surface area contributed by atoms with Gasteiger partial charge < -0.3 is 14.9 Å². The Bertz CT molecular complexity index is 947. The van der Waals surface area contributed by atoms with Gasteiger partial charge in [-0.15, -0.1) is 11.3 Å². The zero-order chi connectivity index (χ0) is 27.6. The number of rotatable bonds is 7. The van der Waals surface area contributed by atoms with E-state index >= 15 is 0 Å². The van der Waals surface area contributed by atoms with Gasteiger partial charge in [-0.3, -0.25) is 9.88 Å². The molecule has 1 saturated carbocycles. The predicted octanol–water partition coefficient (Wildman–Crippen LogP) is 4.42. The Labute approximate surface area is 211 Å². The van der Waals surface area contributed by atoms with E-state index in [4.69, 9.17) is 24.5 Å². The molecule has 0 bridgehead atoms. The van der Waals surface area contributed by atoms with Crippen LogP contribution in [0, 0.1) is 5.92 Å². The van der Waals surface area contributed by atoms with E-state index in [0.29, 0.717) is 12.1 Å². The first-order chi connectivity index (χ1) is 17.3. The molecule has 15 heteroatoms. The molecule has 8 nitrogen and oxygen atoms in total. The highest BCUT2D eigenvalue weighted by Gasteiger charge is 2.39. The van der Waals surface area contributed by atoms with E-state index in [9.17, 15) is 26.3 Å². The molecule has 37 heavy (non-hydrogen) atoms. The summed E-state index contributed by atoms with van der Waals surface area (Å²) in [6.45, 7) is 2.99. The van der Waals surface area contributed by atoms with Crippen LogP contribution in [0.2, 0.25) is 0 Å². The van der Waals surface area contributed by atoms with Crippen LogP contribution in [0.15, 0.2) is 36.1 Å². The van der Waals surface area contributed by atoms with Gasteiger partial charge in [-0.1, -0.05) is 0 Å². The third-order valence-corrected chi connectivity index (χ3v) is 6.11. The van der Waals surface area contributed by atoms with E-state index in [1.54, 1.807) is 11.3 Å². The average molecular weight is 558 g/mol. The Morgan fingerprint density at radius 2 is 1.57 bits per heavy atom. The number of alkyl halides is 6. The number of carboxylic acids is 2. The van der Waals surface area contributed by atoms with Crippen LogP contribution in [0.1, 0.15) is 29.8 Å². The van der Waals surface area contributed by atoms with Crippen LogP contribution in [0.3, 0.4) is 0 Å². The number of hydrogen-bond donors (Lipinski definition) is 2. The molecule has 1 aliphatic heterocycles. The van der Waals surface area contributed by atoms with Crippen molar-refractivity contribution in [2.75, 3.05) is 13.2 Å². The summed E-state index contributed by atoms with van der Waals surface area (Å²) in [6.07, 6.45) is 0.718. The van der Waals surface area contributed by atoms with Crippen molar-refractivity contribution in [1.29, 1.82) is 0 Å². The molecular formula is C22H25F6N3O5S. The van der Waals surface area contributed by atoms with Gasteiger partial charge in [0.1, 0.15) is 5.01 Å². The number of thiazole rings is 1. The lowest BCUT2D eigenvalue weighted by Gasteiger charge is -2.27. The maximum atomic E-state index is 10.6. The summed E-state index contributed by atoms with van der Waals surface area (Å²) in [7, 11) is 0. The highest BCUT2D eigenvalue weighted by atomic mass is 32.1. The Hall–Kier alpha value is -2.78. The molecule has 0 aromatic carbocycles. The third kappa shape index (κ3) is 11.4. The van der Waals surface area contributed by atoms with Gasteiger partial charge in [0.05, 0.1) is 12.6 Å². The number of aliphatic carboxylic acids is 2. The fourth-order valence-electron chi connectivity index (χ4n) is 3.35. The third-order valence-electron chi connectivity index (χ3n) is 5.34. The largest absolute Gasteiger partial charge is 0.490 e. The second-order valence-electron chi connectivity index (χ2n) is 8.23. The van der Waals surface area contributed by atoms with Crippen molar-refractivity contribution in [2.24, 2.45) is 5.92 Å². The standard InChI is InChI=1S/C18H23N3OS.2C2HF3O2/c1-2-15(1)13-22-17-5-9-21(12-18-20-8-10-23-18)16(17)11-14-3-6-19-7-4-14;2*3-2(4,5)1(6)7/h3-4,6-8,10,15-17H,1-2,5,9,11-13H2;2*(H,6,7)/t16-,17-;;/m0../s1. The van der Waals surface area contributed by atoms with E-state index < -0.39 is 24.3 Å². The summed E-state index contributed by atoms with van der Waals surface area (Å²) in [5.41, 5.74) is 1.34. The summed E-state index contributed by atoms with van der Waals surface area (Å²) >= 11 is 1.74. The second kappa shape index (κ2) is 13.7. The minimum atomic E-state index is -5.08. The number of nitrogens with zero attached hydrogens (tertiary/aromatic N) is 3. The lowest BCUT2D eigenvalue weighted by molar-refractivity contribution is -0.193. The zero-order valence-corrected chi connectivity index (χ0v) is 20.1. The molecule has 2 N–H and O–H groups in total. The van der Waals surface area contributed by atoms with Crippen molar-refractivity contribution >= 4 is 23.3 Å². The molecule has 1 aliphatic carbocycles. The van der Waals surface area contributed by atoms with Crippen LogP contribution in [-0.2, 0) is 27.3 Å². The van der Waals surface area contributed by atoms with Crippen molar-refractivity contribution in [3.8, 4) is 0 Å². The lowest BCUT2D eigenvalue weighted by atomic mass is 10.0. The molecule has 0 amide bonds. The van der Waals surface area contributed by atoms with E-state index in [2.05, 4.69) is 32.4 Å². The Morgan fingerprint density at radius 1 is 1.00 bits per heavy atom. The topological polar surface area (TPSA) is 113 Å². The average Bonchev–Trinajstić information content (AvgIpc) is 3.36. The number of likely N-dealkylation sites (tertiary alicyclic amines) is 1. The van der Waals surface area contributed by atoms with Gasteiger partial charge in [0.2, 0.25) is 0 Å². The molecule has 206 valence electrons. The molecule has 3 heterocycles. The smallest absolute Gasteiger partial charge is 0.475 e. The molecule has 0 unspecified atom stereocenters. The van der Waals surface area contributed by atoms with E-state index in [1.807, 2.05) is 18.6 Å². The van der Waals surface area contributed by atoms with E-state index in [0.717, 1.165) is 38.5 Å². The fourth-order valence-corrected chi connectivity index (χ4v) is 3.99. The van der Waals surface area contributed by atoms with E-state index in [1.165, 1.54) is 23.4 Å². The SMILES string of the molecule is O=C(O)C(F)(F)F.O=C(O)C(F)(F)F.c1cc(C[C@H]2[C@@H](OCC3CC3)CCN2Cc2nccs2)ccn1. The molecule has 4 rings (SSSR count). The molecule has 1 saturated heterocycles. The molecule has 2 aromatic heterocycles. The molecule has 2 aliphatic rings. The van der Waals surface area contributed by atoms with Crippen molar-refractivity contribution in [2.45, 2.75) is 56.7 Å². The monoisotopic (exact) mass is 557 g/mol. The minimum Gasteiger partial charge on any atom is -0.475 e. The van der Waals surface area contributed by atoms with Crippen LogP contribution in [0.5, 0.6) is 0 Å². The summed E-state index contributed by atoms with van der Waals surface area (Å²) in [5, 5.41) is 17.5. The van der Waals surface area contributed by atoms with Gasteiger partial charge in [0.25, 0.3) is 0 Å². The van der Waals surface area contributed by atoms with Gasteiger partial charge in [0.15, 0.2) is 0 Å². The minimum absolute atomic E-state index is 0.351. The van der Waals surface area contributed by atoms with Gasteiger partial charge in [-0.2, -0.15) is 26.3 Å². The maximum Gasteiger partial charge on any atom is 0.490 e. The quantitative estimate of drug-likeness (QED) is 0.482. The molecule has 0 radical (unpaired) electrons. The van der Waals surface area contributed by atoms with Gasteiger partial charge in [0, 0.05) is 43.2 Å². The maximum absolute atomic E-state index is 10.6. The summed E-state index contributed by atoms with van der Waals surface area (Å²) < 4.78 is 69.8. The van der Waals surface area contributed by atoms with Crippen molar-refractivity contribution < 1.29 is 50.9 Å². The molecule has 2 fully saturated rings. The van der Waals surface area contributed by atoms with Crippen LogP contribution >= 0.6 is 11.3 Å². The highest BCUT2D eigenvalue weighted by Crippen LogP contribution is 2.32. The first kappa shape index (κ1) is 30.4. The highest BCUT2D eigenvalue weighted by molar-refractivity contribution is 7.09. The lowest BCUT2D eigenvalue weighted by Crippen LogP contribution is -2.38. The molecule has 2 aromatic rings. The summed E-state index contributed by atoms with van der Waals surface area (Å²) in [5.74, 6) is -4.69. The number of carbonyl (C=O) groups is 2. The fraction of sp³-hybridized carbons (Fsp3) is 0.545. The number of aromatic nitrogens is 2. The second-order valence-corrected chi connectivity index (χ2v) is 9.21. The number of halogens is 6. The number of carboxylic acid groups (broad SMARTS) is 2. The number of hydrogen-bond acceptors (Lipinski definition) is 7. The number of ether oxygens (including phenoxy) is 1. The van der Waals surface area contributed by atoms with Gasteiger partial charge in [-0.05, 0) is 49.3 Å². The first-order valence-corrected chi connectivity index (χ1v) is 11.9. The summed E-state index contributed by atoms with van der Waals surface area (Å²) in [6, 6.07) is 4.69.